The number of carbonyl (C=O) groups is 2. The third-order valence-corrected chi connectivity index (χ3v) is 5.30. The molecule has 0 radical (unpaired) electrons. The normalized spacial score (nSPS) is 16.4. The molecule has 0 aliphatic carbocycles. The van der Waals surface area contributed by atoms with E-state index in [-0.39, 0.29) is 17.7 Å². The molecule has 1 N–H and O–H groups in total. The Morgan fingerprint density at radius 2 is 1.93 bits per heavy atom. The van der Waals surface area contributed by atoms with Crippen LogP contribution < -0.4 is 14.8 Å². The zero-order valence-electron chi connectivity index (χ0n) is 17.1. The van der Waals surface area contributed by atoms with Crippen molar-refractivity contribution in [1.82, 2.24) is 4.90 Å². The molecular formula is C23H25ClN2O4. The quantitative estimate of drug-likeness (QED) is 0.698. The average Bonchev–Trinajstić information content (AvgIpc) is 2.77. The first-order valence-electron chi connectivity index (χ1n) is 9.76. The van der Waals surface area contributed by atoms with Crippen LogP contribution in [-0.2, 0) is 9.59 Å². The van der Waals surface area contributed by atoms with Crippen LogP contribution in [0.15, 0.2) is 48.5 Å². The average molecular weight is 429 g/mol. The Hall–Kier alpha value is -2.99. The molecule has 1 aliphatic heterocycles. The van der Waals surface area contributed by atoms with Crippen molar-refractivity contribution in [2.75, 3.05) is 32.6 Å². The number of hydrogen-bond acceptors (Lipinski definition) is 4. The highest BCUT2D eigenvalue weighted by Crippen LogP contribution is 2.36. The van der Waals surface area contributed by atoms with E-state index in [1.807, 2.05) is 30.3 Å². The molecule has 1 unspecified atom stereocenters. The van der Waals surface area contributed by atoms with Gasteiger partial charge in [-0.2, -0.15) is 0 Å². The van der Waals surface area contributed by atoms with E-state index < -0.39 is 0 Å². The molecule has 1 atom stereocenters. The molecule has 1 heterocycles. The minimum atomic E-state index is -0.230. The standard InChI is InChI=1S/C23H25ClN2O4/c1-29-20-14-16(13-19(24)22(20)30-2)10-11-21(27)26-12-6-7-17(15-26)23(28)25-18-8-4-3-5-9-18/h3-5,8-11,13-14,17H,6-7,12,15H2,1-2H3,(H,25,28). The molecule has 2 amide bonds. The molecule has 6 nitrogen and oxygen atoms in total. The predicted molar refractivity (Wildman–Crippen MR) is 118 cm³/mol. The van der Waals surface area contributed by atoms with Crippen LogP contribution in [0.5, 0.6) is 11.5 Å². The van der Waals surface area contributed by atoms with Crippen LogP contribution in [-0.4, -0.2) is 44.0 Å². The van der Waals surface area contributed by atoms with Crippen LogP contribution >= 0.6 is 11.6 Å². The summed E-state index contributed by atoms with van der Waals surface area (Å²) < 4.78 is 10.5. The van der Waals surface area contributed by atoms with Crippen molar-refractivity contribution in [3.8, 4) is 11.5 Å². The Kier molecular flexibility index (Phi) is 7.36. The van der Waals surface area contributed by atoms with Crippen molar-refractivity contribution in [1.29, 1.82) is 0 Å². The molecule has 0 spiro atoms. The largest absolute Gasteiger partial charge is 0.493 e. The van der Waals surface area contributed by atoms with Crippen LogP contribution in [0.1, 0.15) is 18.4 Å². The molecule has 2 aromatic carbocycles. The fraction of sp³-hybridized carbons (Fsp3) is 0.304. The van der Waals surface area contributed by atoms with Gasteiger partial charge in [-0.15, -0.1) is 0 Å². The maximum absolute atomic E-state index is 12.7. The van der Waals surface area contributed by atoms with Gasteiger partial charge in [0.15, 0.2) is 11.5 Å². The topological polar surface area (TPSA) is 67.9 Å². The van der Waals surface area contributed by atoms with Crippen molar-refractivity contribution < 1.29 is 19.1 Å². The first-order chi connectivity index (χ1) is 14.5. The van der Waals surface area contributed by atoms with Gasteiger partial charge in [0.05, 0.1) is 25.2 Å². The zero-order chi connectivity index (χ0) is 21.5. The van der Waals surface area contributed by atoms with Crippen molar-refractivity contribution in [2.24, 2.45) is 5.92 Å². The van der Waals surface area contributed by atoms with Gasteiger partial charge in [-0.3, -0.25) is 9.59 Å². The van der Waals surface area contributed by atoms with Crippen LogP contribution in [0.2, 0.25) is 5.02 Å². The van der Waals surface area contributed by atoms with Crippen molar-refractivity contribution in [2.45, 2.75) is 12.8 Å². The molecule has 0 bridgehead atoms. The molecule has 3 rings (SSSR count). The number of benzene rings is 2. The van der Waals surface area contributed by atoms with Crippen LogP contribution in [0.3, 0.4) is 0 Å². The van der Waals surface area contributed by atoms with Gasteiger partial charge in [0.2, 0.25) is 11.8 Å². The number of nitrogens with one attached hydrogen (secondary N) is 1. The summed E-state index contributed by atoms with van der Waals surface area (Å²) in [5.41, 5.74) is 1.48. The van der Waals surface area contributed by atoms with E-state index in [0.717, 1.165) is 24.1 Å². The van der Waals surface area contributed by atoms with E-state index in [9.17, 15) is 9.59 Å². The van der Waals surface area contributed by atoms with Gasteiger partial charge in [0.1, 0.15) is 0 Å². The second-order valence-electron chi connectivity index (χ2n) is 7.05. The molecule has 7 heteroatoms. The maximum atomic E-state index is 12.7. The summed E-state index contributed by atoms with van der Waals surface area (Å²) in [6.45, 7) is 1.03. The summed E-state index contributed by atoms with van der Waals surface area (Å²) in [5, 5.41) is 3.33. The molecule has 0 aromatic heterocycles. The summed E-state index contributed by atoms with van der Waals surface area (Å²) in [7, 11) is 3.05. The van der Waals surface area contributed by atoms with E-state index >= 15 is 0 Å². The number of amides is 2. The highest BCUT2D eigenvalue weighted by Gasteiger charge is 2.27. The van der Waals surface area contributed by atoms with Gasteiger partial charge in [-0.1, -0.05) is 29.8 Å². The Morgan fingerprint density at radius 1 is 1.17 bits per heavy atom. The molecule has 1 saturated heterocycles. The van der Waals surface area contributed by atoms with Crippen LogP contribution in [0.4, 0.5) is 5.69 Å². The van der Waals surface area contributed by atoms with Gasteiger partial charge in [0.25, 0.3) is 0 Å². The smallest absolute Gasteiger partial charge is 0.246 e. The number of hydrogen-bond donors (Lipinski definition) is 1. The lowest BCUT2D eigenvalue weighted by Crippen LogP contribution is -2.43. The number of ether oxygens (including phenoxy) is 2. The Labute approximate surface area is 181 Å². The fourth-order valence-electron chi connectivity index (χ4n) is 3.46. The van der Waals surface area contributed by atoms with Gasteiger partial charge < -0.3 is 19.7 Å². The van der Waals surface area contributed by atoms with Crippen molar-refractivity contribution >= 4 is 35.2 Å². The third-order valence-electron chi connectivity index (χ3n) is 5.02. The minimum Gasteiger partial charge on any atom is -0.493 e. The molecule has 1 fully saturated rings. The maximum Gasteiger partial charge on any atom is 0.246 e. The summed E-state index contributed by atoms with van der Waals surface area (Å²) in [4.78, 5) is 27.0. The number of carbonyl (C=O) groups excluding carboxylic acids is 2. The first-order valence-corrected chi connectivity index (χ1v) is 10.1. The Bertz CT molecular complexity index is 930. The lowest BCUT2D eigenvalue weighted by atomic mass is 9.97. The SMILES string of the molecule is COc1cc(C=CC(=O)N2CCCC(C(=O)Nc3ccccc3)C2)cc(Cl)c1OC. The first kappa shape index (κ1) is 21.7. The van der Waals surface area contributed by atoms with Crippen LogP contribution in [0, 0.1) is 5.92 Å². The molecule has 1 aliphatic rings. The Morgan fingerprint density at radius 3 is 2.63 bits per heavy atom. The number of anilines is 1. The van der Waals surface area contributed by atoms with E-state index in [2.05, 4.69) is 5.32 Å². The van der Waals surface area contributed by atoms with Gasteiger partial charge in [0, 0.05) is 24.9 Å². The van der Waals surface area contributed by atoms with Crippen molar-refractivity contribution in [3.63, 3.8) is 0 Å². The lowest BCUT2D eigenvalue weighted by Gasteiger charge is -2.31. The summed E-state index contributed by atoms with van der Waals surface area (Å²) in [5.74, 6) is 0.512. The number of methoxy groups -OCH3 is 2. The fourth-order valence-corrected chi connectivity index (χ4v) is 3.76. The van der Waals surface area contributed by atoms with E-state index in [4.69, 9.17) is 21.1 Å². The summed E-state index contributed by atoms with van der Waals surface area (Å²) in [6.07, 6.45) is 4.73. The predicted octanol–water partition coefficient (Wildman–Crippen LogP) is 4.25. The van der Waals surface area contributed by atoms with E-state index in [0.29, 0.717) is 29.6 Å². The van der Waals surface area contributed by atoms with Crippen molar-refractivity contribution in [3.05, 3.63) is 59.1 Å². The molecule has 30 heavy (non-hydrogen) atoms. The third kappa shape index (κ3) is 5.33. The number of rotatable bonds is 6. The summed E-state index contributed by atoms with van der Waals surface area (Å²) >= 11 is 6.22. The molecule has 0 saturated carbocycles. The van der Waals surface area contributed by atoms with Gasteiger partial charge in [-0.05, 0) is 48.7 Å². The minimum absolute atomic E-state index is 0.0608. The number of halogens is 1. The summed E-state index contributed by atoms with van der Waals surface area (Å²) in [6, 6.07) is 12.8. The second kappa shape index (κ2) is 10.2. The lowest BCUT2D eigenvalue weighted by molar-refractivity contribution is -0.130. The molecule has 2 aromatic rings. The second-order valence-corrected chi connectivity index (χ2v) is 7.46. The number of piperidine rings is 1. The molecule has 158 valence electrons. The van der Waals surface area contributed by atoms with E-state index in [1.165, 1.54) is 20.3 Å². The highest BCUT2D eigenvalue weighted by molar-refractivity contribution is 6.32. The van der Waals surface area contributed by atoms with Gasteiger partial charge in [-0.25, -0.2) is 0 Å². The highest BCUT2D eigenvalue weighted by atomic mass is 35.5. The monoisotopic (exact) mass is 428 g/mol. The van der Waals surface area contributed by atoms with E-state index in [1.54, 1.807) is 23.1 Å². The van der Waals surface area contributed by atoms with Crippen LogP contribution in [0.25, 0.3) is 6.08 Å². The number of para-hydroxylation sites is 1. The zero-order valence-corrected chi connectivity index (χ0v) is 17.8. The molecular weight excluding hydrogens is 404 g/mol. The number of nitrogens with zero attached hydrogens (tertiary/aromatic N) is 1. The van der Waals surface area contributed by atoms with Gasteiger partial charge >= 0.3 is 0 Å². The Balaban J connectivity index is 1.64. The number of likely N-dealkylation sites (tertiary alicyclic amines) is 1.